The molecule has 114 valence electrons. The molecule has 1 aromatic heterocycles. The van der Waals surface area contributed by atoms with E-state index in [9.17, 15) is 4.79 Å². The van der Waals surface area contributed by atoms with Crippen LogP contribution in [0.15, 0.2) is 30.5 Å². The van der Waals surface area contributed by atoms with Gasteiger partial charge in [-0.3, -0.25) is 4.79 Å². The molecule has 4 rings (SSSR count). The van der Waals surface area contributed by atoms with Crippen LogP contribution in [0.5, 0.6) is 0 Å². The molecule has 0 atom stereocenters. The third kappa shape index (κ3) is 1.82. The molecule has 0 saturated carbocycles. The molecule has 0 unspecified atom stereocenters. The number of aryl methyl sites for hydroxylation is 1. The second-order valence-electron chi connectivity index (χ2n) is 6.34. The van der Waals surface area contributed by atoms with E-state index < -0.39 is 0 Å². The Kier molecular flexibility index (Phi) is 3.04. The predicted octanol–water partition coefficient (Wildman–Crippen LogP) is 0.181. The fraction of sp³-hybridized carbons (Fsp3) is 0.412. The lowest BCUT2D eigenvalue weighted by Crippen LogP contribution is -2.87. The average Bonchev–Trinajstić information content (AvgIpc) is 2.94. The van der Waals surface area contributed by atoms with Gasteiger partial charge in [0.1, 0.15) is 11.5 Å². The number of amides is 1. The largest absolute Gasteiger partial charge is 0.364 e. The van der Waals surface area contributed by atoms with Gasteiger partial charge in [-0.2, -0.15) is 0 Å². The van der Waals surface area contributed by atoms with Gasteiger partial charge in [-0.25, -0.2) is 4.98 Å². The highest BCUT2D eigenvalue weighted by molar-refractivity contribution is 5.91. The number of hydrogen-bond acceptors (Lipinski definition) is 2. The highest BCUT2D eigenvalue weighted by Crippen LogP contribution is 2.42. The molecule has 4 N–H and O–H groups in total. The Bertz CT molecular complexity index is 728. The van der Waals surface area contributed by atoms with E-state index in [0.29, 0.717) is 5.69 Å². The normalized spacial score (nSPS) is 19.3. The van der Waals surface area contributed by atoms with Crippen LogP contribution < -0.4 is 11.1 Å². The molecule has 0 aliphatic carbocycles. The minimum absolute atomic E-state index is 0.0739. The first-order valence-electron chi connectivity index (χ1n) is 7.98. The first-order valence-corrected chi connectivity index (χ1v) is 7.98. The zero-order valence-electron chi connectivity index (χ0n) is 12.6. The summed E-state index contributed by atoms with van der Waals surface area (Å²) in [6.45, 7) is 2.95. The first-order chi connectivity index (χ1) is 10.7. The lowest BCUT2D eigenvalue weighted by atomic mass is 9.71. The number of hydrogen-bond donors (Lipinski definition) is 2. The van der Waals surface area contributed by atoms with Gasteiger partial charge in [0.2, 0.25) is 0 Å². The molecule has 5 nitrogen and oxygen atoms in total. The van der Waals surface area contributed by atoms with E-state index in [2.05, 4.69) is 39.1 Å². The summed E-state index contributed by atoms with van der Waals surface area (Å²) in [4.78, 5) is 16.4. The number of piperidine rings is 1. The smallest absolute Gasteiger partial charge is 0.266 e. The Morgan fingerprint density at radius 1 is 1.27 bits per heavy atom. The molecular formula is C17H21N4O+. The van der Waals surface area contributed by atoms with Crippen molar-refractivity contribution in [2.45, 2.75) is 31.2 Å². The summed E-state index contributed by atoms with van der Waals surface area (Å²) in [7, 11) is 0. The maximum Gasteiger partial charge on any atom is 0.266 e. The van der Waals surface area contributed by atoms with E-state index in [1.165, 1.54) is 11.1 Å². The van der Waals surface area contributed by atoms with E-state index in [4.69, 9.17) is 5.73 Å². The minimum atomic E-state index is -0.387. The molecule has 1 amide bonds. The molecule has 1 fully saturated rings. The zero-order valence-corrected chi connectivity index (χ0v) is 12.6. The van der Waals surface area contributed by atoms with Gasteiger partial charge < -0.3 is 15.6 Å². The van der Waals surface area contributed by atoms with Crippen LogP contribution in [-0.2, 0) is 18.4 Å². The van der Waals surface area contributed by atoms with Crippen LogP contribution in [0.3, 0.4) is 0 Å². The molecule has 2 aliphatic heterocycles. The zero-order chi connectivity index (χ0) is 15.2. The second-order valence-corrected chi connectivity index (χ2v) is 6.34. The summed E-state index contributed by atoms with van der Waals surface area (Å²) in [5.41, 5.74) is 8.79. The number of fused-ring (bicyclic) bond motifs is 4. The van der Waals surface area contributed by atoms with Gasteiger partial charge in [0, 0.05) is 19.4 Å². The number of carbonyl (C=O) groups is 1. The Morgan fingerprint density at radius 3 is 2.82 bits per heavy atom. The molecule has 2 aromatic rings. The topological polar surface area (TPSA) is 77.5 Å². The third-order valence-electron chi connectivity index (χ3n) is 5.22. The van der Waals surface area contributed by atoms with Gasteiger partial charge in [-0.05, 0) is 17.5 Å². The number of nitrogens with two attached hydrogens (primary N) is 2. The number of quaternary nitrogens is 1. The van der Waals surface area contributed by atoms with Crippen molar-refractivity contribution in [1.29, 1.82) is 0 Å². The summed E-state index contributed by atoms with van der Waals surface area (Å²) < 4.78 is 2.06. The Balaban J connectivity index is 1.97. The van der Waals surface area contributed by atoms with Crippen LogP contribution in [0.1, 0.15) is 40.3 Å². The first kappa shape index (κ1) is 13.5. The lowest BCUT2D eigenvalue weighted by Gasteiger charge is -2.36. The highest BCUT2D eigenvalue weighted by atomic mass is 16.1. The molecule has 2 aliphatic rings. The van der Waals surface area contributed by atoms with Crippen molar-refractivity contribution in [1.82, 2.24) is 9.55 Å². The summed E-state index contributed by atoms with van der Waals surface area (Å²) in [6.07, 6.45) is 4.69. The number of benzene rings is 1. The van der Waals surface area contributed by atoms with Crippen molar-refractivity contribution in [3.05, 3.63) is 53.1 Å². The fourth-order valence-electron chi connectivity index (χ4n) is 4.20. The van der Waals surface area contributed by atoms with Crippen LogP contribution in [0.4, 0.5) is 0 Å². The number of primary amides is 1. The molecular weight excluding hydrogens is 276 g/mol. The summed E-state index contributed by atoms with van der Waals surface area (Å²) in [5, 5.41) is 2.36. The molecule has 0 bridgehead atoms. The van der Waals surface area contributed by atoms with Gasteiger partial charge in [-0.15, -0.1) is 0 Å². The van der Waals surface area contributed by atoms with Gasteiger partial charge in [0.25, 0.3) is 5.91 Å². The van der Waals surface area contributed by atoms with Crippen LogP contribution in [0.25, 0.3) is 0 Å². The third-order valence-corrected chi connectivity index (χ3v) is 5.22. The Labute approximate surface area is 129 Å². The molecule has 5 heteroatoms. The van der Waals surface area contributed by atoms with Gasteiger partial charge in [0.05, 0.1) is 24.7 Å². The molecule has 1 saturated heterocycles. The monoisotopic (exact) mass is 297 g/mol. The molecule has 22 heavy (non-hydrogen) atoms. The number of carbonyl (C=O) groups excluding carboxylic acids is 1. The highest BCUT2D eigenvalue weighted by Gasteiger charge is 2.44. The van der Waals surface area contributed by atoms with Gasteiger partial charge in [-0.1, -0.05) is 24.3 Å². The maximum absolute atomic E-state index is 11.7. The van der Waals surface area contributed by atoms with E-state index in [-0.39, 0.29) is 11.3 Å². The van der Waals surface area contributed by atoms with Crippen LogP contribution in [-0.4, -0.2) is 28.5 Å². The molecule has 1 aromatic carbocycles. The summed E-state index contributed by atoms with van der Waals surface area (Å²) in [5.74, 6) is 0.640. The van der Waals surface area contributed by atoms with Crippen LogP contribution >= 0.6 is 0 Å². The molecule has 3 heterocycles. The van der Waals surface area contributed by atoms with Crippen molar-refractivity contribution in [3.63, 3.8) is 0 Å². The number of nitrogens with zero attached hydrogens (tertiary/aromatic N) is 2. The van der Waals surface area contributed by atoms with E-state index in [0.717, 1.165) is 44.7 Å². The summed E-state index contributed by atoms with van der Waals surface area (Å²) >= 11 is 0. The second kappa shape index (κ2) is 4.95. The summed E-state index contributed by atoms with van der Waals surface area (Å²) in [6, 6.07) is 8.68. The quantitative estimate of drug-likeness (QED) is 0.788. The minimum Gasteiger partial charge on any atom is -0.364 e. The number of aromatic nitrogens is 2. The van der Waals surface area contributed by atoms with Crippen molar-refractivity contribution in [3.8, 4) is 0 Å². The fourth-order valence-corrected chi connectivity index (χ4v) is 4.20. The van der Waals surface area contributed by atoms with Crippen molar-refractivity contribution < 1.29 is 10.1 Å². The van der Waals surface area contributed by atoms with Gasteiger partial charge >= 0.3 is 0 Å². The Hall–Kier alpha value is -2.14. The van der Waals surface area contributed by atoms with E-state index in [1.807, 2.05) is 0 Å². The number of imidazole rings is 1. The van der Waals surface area contributed by atoms with Gasteiger partial charge in [0.15, 0.2) is 0 Å². The van der Waals surface area contributed by atoms with Crippen molar-refractivity contribution in [2.75, 3.05) is 13.1 Å². The van der Waals surface area contributed by atoms with Crippen molar-refractivity contribution >= 4 is 5.91 Å². The maximum atomic E-state index is 11.7. The Morgan fingerprint density at radius 2 is 2.05 bits per heavy atom. The predicted molar refractivity (Wildman–Crippen MR) is 82.6 cm³/mol. The van der Waals surface area contributed by atoms with Crippen LogP contribution in [0, 0.1) is 0 Å². The van der Waals surface area contributed by atoms with Crippen molar-refractivity contribution in [2.24, 2.45) is 5.73 Å². The molecule has 0 radical (unpaired) electrons. The van der Waals surface area contributed by atoms with E-state index >= 15 is 0 Å². The van der Waals surface area contributed by atoms with Crippen LogP contribution in [0.2, 0.25) is 0 Å². The van der Waals surface area contributed by atoms with E-state index in [1.54, 1.807) is 6.20 Å². The number of rotatable bonds is 1. The molecule has 1 spiro atoms. The average molecular weight is 297 g/mol. The lowest BCUT2D eigenvalue weighted by molar-refractivity contribution is -0.665. The SMILES string of the molecule is NC(=O)c1cnc2n1CCc1ccccc1C21CC[NH2+]CC1. The standard InChI is InChI=1S/C17H20N4O/c18-15(22)14-11-20-16-17(6-8-19-9-7-17)13-4-2-1-3-12(13)5-10-21(14)16/h1-4,11,19H,5-10H2,(H2,18,22)/p+1.